The van der Waals surface area contributed by atoms with Crippen LogP contribution in [0.5, 0.6) is 0 Å². The highest BCUT2D eigenvalue weighted by Gasteiger charge is 2.23. The first-order valence-electron chi connectivity index (χ1n) is 7.02. The normalized spacial score (nSPS) is 15.9. The Balaban J connectivity index is 1.75. The quantitative estimate of drug-likeness (QED) is 0.857. The molecule has 21 heavy (non-hydrogen) atoms. The van der Waals surface area contributed by atoms with Crippen LogP contribution in [0.3, 0.4) is 0 Å². The first-order valence-corrected chi connectivity index (χ1v) is 7.02. The average Bonchev–Trinajstić information content (AvgIpc) is 2.91. The third kappa shape index (κ3) is 3.08. The number of hydrogen-bond acceptors (Lipinski definition) is 2. The second-order valence-electron chi connectivity index (χ2n) is 4.91. The van der Waals surface area contributed by atoms with Gasteiger partial charge in [0.05, 0.1) is 5.57 Å². The Bertz CT molecular complexity index is 688. The van der Waals surface area contributed by atoms with Crippen LogP contribution in [-0.2, 0) is 11.2 Å². The number of nitrogens with one attached hydrogen (secondary N) is 1. The van der Waals surface area contributed by atoms with Crippen molar-refractivity contribution in [3.63, 3.8) is 0 Å². The molecule has 0 aromatic heterocycles. The molecule has 0 bridgehead atoms. The molecule has 2 aromatic rings. The third-order valence-corrected chi connectivity index (χ3v) is 3.44. The van der Waals surface area contributed by atoms with E-state index in [4.69, 9.17) is 0 Å². The van der Waals surface area contributed by atoms with Crippen LogP contribution in [0.1, 0.15) is 17.5 Å². The molecule has 104 valence electrons. The van der Waals surface area contributed by atoms with Crippen LogP contribution < -0.4 is 5.43 Å². The maximum atomic E-state index is 11.9. The predicted molar refractivity (Wildman–Crippen MR) is 84.0 cm³/mol. The van der Waals surface area contributed by atoms with E-state index >= 15 is 0 Å². The van der Waals surface area contributed by atoms with Crippen molar-refractivity contribution >= 4 is 11.6 Å². The summed E-state index contributed by atoms with van der Waals surface area (Å²) in [6.07, 6.45) is 3.71. The van der Waals surface area contributed by atoms with Gasteiger partial charge in [-0.3, -0.25) is 4.79 Å². The molecule has 0 atom stereocenters. The van der Waals surface area contributed by atoms with Gasteiger partial charge in [-0.25, -0.2) is 5.43 Å². The van der Waals surface area contributed by atoms with Crippen molar-refractivity contribution in [2.24, 2.45) is 5.10 Å². The van der Waals surface area contributed by atoms with Gasteiger partial charge < -0.3 is 0 Å². The Morgan fingerprint density at radius 2 is 1.62 bits per heavy atom. The molecule has 0 saturated carbocycles. The van der Waals surface area contributed by atoms with Gasteiger partial charge in [0.1, 0.15) is 5.71 Å². The number of hydrazone groups is 1. The first-order chi connectivity index (χ1) is 10.3. The Morgan fingerprint density at radius 3 is 2.33 bits per heavy atom. The summed E-state index contributed by atoms with van der Waals surface area (Å²) in [6.45, 7) is 0. The van der Waals surface area contributed by atoms with Crippen LogP contribution in [0.25, 0.3) is 0 Å². The van der Waals surface area contributed by atoms with Crippen molar-refractivity contribution in [2.45, 2.75) is 12.8 Å². The molecule has 3 heteroatoms. The molecule has 3 nitrogen and oxygen atoms in total. The summed E-state index contributed by atoms with van der Waals surface area (Å²) in [6, 6.07) is 20.0. The largest absolute Gasteiger partial charge is 0.273 e. The standard InChI is InChI=1S/C18H16N2O/c21-18-16(13-7-10-14-8-3-1-4-9-14)17(19-20-18)15-11-5-2-6-12-15/h1-6,8-9,11-13H,7,10H2,(H,20,21)/b16-13+. The van der Waals surface area contributed by atoms with Gasteiger partial charge in [-0.2, -0.15) is 5.10 Å². The number of amides is 1. The Kier molecular flexibility index (Phi) is 3.92. The summed E-state index contributed by atoms with van der Waals surface area (Å²) in [5, 5.41) is 4.14. The number of benzene rings is 2. The van der Waals surface area contributed by atoms with Crippen molar-refractivity contribution in [2.75, 3.05) is 0 Å². The van der Waals surface area contributed by atoms with Gasteiger partial charge in [-0.1, -0.05) is 66.7 Å². The van der Waals surface area contributed by atoms with E-state index in [1.165, 1.54) is 5.56 Å². The van der Waals surface area contributed by atoms with Crippen molar-refractivity contribution in [1.29, 1.82) is 0 Å². The zero-order valence-corrected chi connectivity index (χ0v) is 11.6. The highest BCUT2D eigenvalue weighted by molar-refractivity contribution is 6.30. The number of rotatable bonds is 4. The van der Waals surface area contributed by atoms with E-state index in [0.717, 1.165) is 24.1 Å². The van der Waals surface area contributed by atoms with Gasteiger partial charge in [-0.05, 0) is 18.4 Å². The monoisotopic (exact) mass is 276 g/mol. The molecule has 0 aliphatic carbocycles. The first kappa shape index (κ1) is 13.3. The molecule has 0 fully saturated rings. The summed E-state index contributed by atoms with van der Waals surface area (Å²) >= 11 is 0. The van der Waals surface area contributed by atoms with Gasteiger partial charge >= 0.3 is 0 Å². The van der Waals surface area contributed by atoms with Gasteiger partial charge in [0.2, 0.25) is 0 Å². The minimum atomic E-state index is -0.123. The Hall–Kier alpha value is -2.68. The highest BCUT2D eigenvalue weighted by Crippen LogP contribution is 2.15. The zero-order chi connectivity index (χ0) is 14.5. The maximum Gasteiger partial charge on any atom is 0.273 e. The van der Waals surface area contributed by atoms with Crippen LogP contribution in [0.15, 0.2) is 77.4 Å². The van der Waals surface area contributed by atoms with Crippen LogP contribution >= 0.6 is 0 Å². The molecule has 1 aliphatic heterocycles. The lowest BCUT2D eigenvalue weighted by atomic mass is 10.0. The van der Waals surface area contributed by atoms with E-state index in [-0.39, 0.29) is 5.91 Å². The van der Waals surface area contributed by atoms with Gasteiger partial charge in [0, 0.05) is 5.56 Å². The molecular weight excluding hydrogens is 260 g/mol. The SMILES string of the molecule is O=C1NN=C(c2ccccc2)/C1=C\CCc1ccccc1. The molecule has 0 unspecified atom stereocenters. The van der Waals surface area contributed by atoms with Crippen LogP contribution in [0.4, 0.5) is 0 Å². The molecule has 1 aliphatic rings. The molecule has 2 aromatic carbocycles. The zero-order valence-electron chi connectivity index (χ0n) is 11.6. The second-order valence-corrected chi connectivity index (χ2v) is 4.91. The average molecular weight is 276 g/mol. The van der Waals surface area contributed by atoms with Gasteiger partial charge in [0.15, 0.2) is 0 Å². The fourth-order valence-electron chi connectivity index (χ4n) is 2.37. The van der Waals surface area contributed by atoms with Gasteiger partial charge in [-0.15, -0.1) is 0 Å². The molecule has 1 N–H and O–H groups in total. The minimum Gasteiger partial charge on any atom is -0.267 e. The fraction of sp³-hybridized carbons (Fsp3) is 0.111. The van der Waals surface area contributed by atoms with E-state index in [2.05, 4.69) is 22.7 Å². The number of hydrogen-bond donors (Lipinski definition) is 1. The summed E-state index contributed by atoms with van der Waals surface area (Å²) in [5.74, 6) is -0.123. The van der Waals surface area contributed by atoms with E-state index < -0.39 is 0 Å². The summed E-state index contributed by atoms with van der Waals surface area (Å²) in [7, 11) is 0. The van der Waals surface area contributed by atoms with E-state index in [1.807, 2.05) is 54.6 Å². The topological polar surface area (TPSA) is 41.5 Å². The molecule has 3 rings (SSSR count). The lowest BCUT2D eigenvalue weighted by molar-refractivity contribution is -0.116. The lowest BCUT2D eigenvalue weighted by Gasteiger charge is -2.02. The summed E-state index contributed by atoms with van der Waals surface area (Å²) in [4.78, 5) is 11.9. The van der Waals surface area contributed by atoms with Crippen LogP contribution in [-0.4, -0.2) is 11.6 Å². The van der Waals surface area contributed by atoms with Crippen molar-refractivity contribution < 1.29 is 4.79 Å². The highest BCUT2D eigenvalue weighted by atomic mass is 16.2. The van der Waals surface area contributed by atoms with Crippen LogP contribution in [0, 0.1) is 0 Å². The summed E-state index contributed by atoms with van der Waals surface area (Å²) in [5.41, 5.74) is 6.17. The third-order valence-electron chi connectivity index (χ3n) is 3.44. The molecule has 0 spiro atoms. The smallest absolute Gasteiger partial charge is 0.267 e. The van der Waals surface area contributed by atoms with E-state index in [0.29, 0.717) is 5.57 Å². The maximum absolute atomic E-state index is 11.9. The second kappa shape index (κ2) is 6.18. The van der Waals surface area contributed by atoms with Crippen molar-refractivity contribution in [3.05, 3.63) is 83.4 Å². The van der Waals surface area contributed by atoms with E-state index in [1.54, 1.807) is 0 Å². The number of nitrogens with zero attached hydrogens (tertiary/aromatic N) is 1. The Morgan fingerprint density at radius 1 is 0.952 bits per heavy atom. The van der Waals surface area contributed by atoms with Crippen LogP contribution in [0.2, 0.25) is 0 Å². The number of carbonyl (C=O) groups is 1. The lowest BCUT2D eigenvalue weighted by Crippen LogP contribution is -2.13. The number of allylic oxidation sites excluding steroid dienone is 1. The molecule has 1 heterocycles. The molecule has 0 radical (unpaired) electrons. The molecular formula is C18H16N2O. The van der Waals surface area contributed by atoms with E-state index in [9.17, 15) is 4.79 Å². The minimum absolute atomic E-state index is 0.123. The van der Waals surface area contributed by atoms with Crippen molar-refractivity contribution in [1.82, 2.24) is 5.43 Å². The summed E-state index contributed by atoms with van der Waals surface area (Å²) < 4.78 is 0. The van der Waals surface area contributed by atoms with Gasteiger partial charge in [0.25, 0.3) is 5.91 Å². The van der Waals surface area contributed by atoms with Crippen molar-refractivity contribution in [3.8, 4) is 0 Å². The predicted octanol–water partition coefficient (Wildman–Crippen LogP) is 3.08. The molecule has 1 amide bonds. The fourth-order valence-corrected chi connectivity index (χ4v) is 2.37. The molecule has 0 saturated heterocycles. The number of aryl methyl sites for hydroxylation is 1. The Labute approximate surface area is 124 Å². The number of carbonyl (C=O) groups excluding carboxylic acids is 1.